The van der Waals surface area contributed by atoms with E-state index in [1.165, 1.54) is 6.08 Å². The SMILES string of the molecule is CC(CO)(CO)NC(=O)/C=C/c1ccccc1Br. The average Bonchev–Trinajstić information content (AvgIpc) is 2.37. The van der Waals surface area contributed by atoms with Gasteiger partial charge in [0.2, 0.25) is 5.91 Å². The summed E-state index contributed by atoms with van der Waals surface area (Å²) in [6.45, 7) is 0.924. The number of hydrogen-bond donors (Lipinski definition) is 3. The van der Waals surface area contributed by atoms with Gasteiger partial charge in [0, 0.05) is 10.5 Å². The minimum atomic E-state index is -1.00. The summed E-state index contributed by atoms with van der Waals surface area (Å²) in [7, 11) is 0. The number of nitrogens with one attached hydrogen (secondary N) is 1. The van der Waals surface area contributed by atoms with Crippen LogP contribution in [0, 0.1) is 0 Å². The summed E-state index contributed by atoms with van der Waals surface area (Å²) in [6.07, 6.45) is 3.03. The van der Waals surface area contributed by atoms with Gasteiger partial charge in [-0.1, -0.05) is 34.1 Å². The second kappa shape index (κ2) is 6.68. The molecular weight excluding hydrogens is 298 g/mol. The van der Waals surface area contributed by atoms with E-state index in [1.54, 1.807) is 13.0 Å². The van der Waals surface area contributed by atoms with Crippen molar-refractivity contribution >= 4 is 27.9 Å². The maximum Gasteiger partial charge on any atom is 0.244 e. The van der Waals surface area contributed by atoms with Crippen molar-refractivity contribution in [3.63, 3.8) is 0 Å². The van der Waals surface area contributed by atoms with E-state index in [-0.39, 0.29) is 19.1 Å². The molecule has 0 aliphatic carbocycles. The number of benzene rings is 1. The van der Waals surface area contributed by atoms with Crippen LogP contribution in [0.2, 0.25) is 0 Å². The molecule has 0 aliphatic rings. The van der Waals surface area contributed by atoms with Gasteiger partial charge in [0.15, 0.2) is 0 Å². The van der Waals surface area contributed by atoms with Crippen LogP contribution in [0.5, 0.6) is 0 Å². The van der Waals surface area contributed by atoms with E-state index in [0.717, 1.165) is 10.0 Å². The van der Waals surface area contributed by atoms with Gasteiger partial charge in [-0.3, -0.25) is 4.79 Å². The molecule has 0 saturated carbocycles. The van der Waals surface area contributed by atoms with Gasteiger partial charge in [0.25, 0.3) is 0 Å². The highest BCUT2D eigenvalue weighted by Crippen LogP contribution is 2.17. The average molecular weight is 314 g/mol. The van der Waals surface area contributed by atoms with Crippen LogP contribution in [0.4, 0.5) is 0 Å². The van der Waals surface area contributed by atoms with Crippen molar-refractivity contribution in [2.75, 3.05) is 13.2 Å². The molecule has 1 rings (SSSR count). The van der Waals surface area contributed by atoms with Crippen LogP contribution in [0.25, 0.3) is 6.08 Å². The van der Waals surface area contributed by atoms with Crippen molar-refractivity contribution in [3.8, 4) is 0 Å². The second-order valence-corrected chi connectivity index (χ2v) is 5.08. The highest BCUT2D eigenvalue weighted by atomic mass is 79.9. The Hall–Kier alpha value is -1.17. The topological polar surface area (TPSA) is 69.6 Å². The van der Waals surface area contributed by atoms with Crippen molar-refractivity contribution < 1.29 is 15.0 Å². The van der Waals surface area contributed by atoms with E-state index in [2.05, 4.69) is 21.2 Å². The number of aliphatic hydroxyl groups is 2. The maximum absolute atomic E-state index is 11.6. The van der Waals surface area contributed by atoms with Crippen LogP contribution in [0.1, 0.15) is 12.5 Å². The van der Waals surface area contributed by atoms with Gasteiger partial charge in [-0.2, -0.15) is 0 Å². The third kappa shape index (κ3) is 4.25. The summed E-state index contributed by atoms with van der Waals surface area (Å²) in [5.41, 5.74) is -0.127. The first-order valence-corrected chi connectivity index (χ1v) is 6.26. The molecule has 0 unspecified atom stereocenters. The number of carbonyl (C=O) groups is 1. The first kappa shape index (κ1) is 14.9. The first-order valence-electron chi connectivity index (χ1n) is 5.47. The van der Waals surface area contributed by atoms with Gasteiger partial charge in [-0.05, 0) is 24.6 Å². The Bertz CT molecular complexity index is 442. The van der Waals surface area contributed by atoms with Crippen molar-refractivity contribution in [2.45, 2.75) is 12.5 Å². The monoisotopic (exact) mass is 313 g/mol. The standard InChI is InChI=1S/C13H16BrNO3/c1-13(8-16,9-17)15-12(18)7-6-10-4-2-3-5-11(10)14/h2-7,16-17H,8-9H2,1H3,(H,15,18)/b7-6+. The summed E-state index contributed by atoms with van der Waals surface area (Å²) >= 11 is 3.37. The number of amides is 1. The van der Waals surface area contributed by atoms with E-state index in [1.807, 2.05) is 24.3 Å². The summed E-state index contributed by atoms with van der Waals surface area (Å²) < 4.78 is 0.890. The lowest BCUT2D eigenvalue weighted by Crippen LogP contribution is -2.51. The molecule has 0 spiro atoms. The Morgan fingerprint density at radius 1 is 1.39 bits per heavy atom. The van der Waals surface area contributed by atoms with Crippen molar-refractivity contribution in [2.24, 2.45) is 0 Å². The number of carbonyl (C=O) groups excluding carboxylic acids is 1. The fourth-order valence-corrected chi connectivity index (χ4v) is 1.66. The highest BCUT2D eigenvalue weighted by molar-refractivity contribution is 9.10. The maximum atomic E-state index is 11.6. The molecule has 4 nitrogen and oxygen atoms in total. The highest BCUT2D eigenvalue weighted by Gasteiger charge is 2.23. The molecule has 0 heterocycles. The predicted octanol–water partition coefficient (Wildman–Crippen LogP) is 1.32. The lowest BCUT2D eigenvalue weighted by Gasteiger charge is -2.25. The van der Waals surface area contributed by atoms with E-state index in [0.29, 0.717) is 0 Å². The van der Waals surface area contributed by atoms with Crippen molar-refractivity contribution in [3.05, 3.63) is 40.4 Å². The molecule has 0 atom stereocenters. The Labute approximate surface area is 114 Å². The Balaban J connectivity index is 2.68. The molecule has 3 N–H and O–H groups in total. The van der Waals surface area contributed by atoms with Gasteiger partial charge in [0.05, 0.1) is 18.8 Å². The number of rotatable bonds is 5. The van der Waals surface area contributed by atoms with Crippen molar-refractivity contribution in [1.29, 1.82) is 0 Å². The third-order valence-electron chi connectivity index (χ3n) is 2.44. The number of halogens is 1. The van der Waals surface area contributed by atoms with Crippen molar-refractivity contribution in [1.82, 2.24) is 5.32 Å². The van der Waals surface area contributed by atoms with Gasteiger partial charge >= 0.3 is 0 Å². The second-order valence-electron chi connectivity index (χ2n) is 4.22. The number of hydrogen-bond acceptors (Lipinski definition) is 3. The van der Waals surface area contributed by atoms with Gasteiger partial charge in [-0.25, -0.2) is 0 Å². The minimum Gasteiger partial charge on any atom is -0.394 e. The summed E-state index contributed by atoms with van der Waals surface area (Å²) in [5, 5.41) is 20.7. The first-order chi connectivity index (χ1) is 8.50. The zero-order valence-corrected chi connectivity index (χ0v) is 11.6. The summed E-state index contributed by atoms with van der Waals surface area (Å²) in [4.78, 5) is 11.6. The fraction of sp³-hybridized carbons (Fsp3) is 0.308. The molecule has 0 fully saturated rings. The van der Waals surface area contributed by atoms with Gasteiger partial charge in [0.1, 0.15) is 0 Å². The van der Waals surface area contributed by atoms with Crippen LogP contribution in [0.3, 0.4) is 0 Å². The molecule has 1 aromatic carbocycles. The lowest BCUT2D eigenvalue weighted by atomic mass is 10.1. The smallest absolute Gasteiger partial charge is 0.244 e. The minimum absolute atomic E-state index is 0.321. The molecule has 18 heavy (non-hydrogen) atoms. The molecule has 0 radical (unpaired) electrons. The molecule has 98 valence electrons. The molecular formula is C13H16BrNO3. The van der Waals surface area contributed by atoms with E-state index in [9.17, 15) is 4.79 Å². The number of aliphatic hydroxyl groups excluding tert-OH is 2. The predicted molar refractivity (Wildman–Crippen MR) is 73.9 cm³/mol. The molecule has 0 bridgehead atoms. The lowest BCUT2D eigenvalue weighted by molar-refractivity contribution is -0.119. The Kier molecular flexibility index (Phi) is 5.53. The molecule has 1 aromatic rings. The van der Waals surface area contributed by atoms with E-state index < -0.39 is 5.54 Å². The van der Waals surface area contributed by atoms with Gasteiger partial charge < -0.3 is 15.5 Å². The molecule has 1 amide bonds. The largest absolute Gasteiger partial charge is 0.394 e. The summed E-state index contributed by atoms with van der Waals surface area (Å²) in [6, 6.07) is 7.50. The zero-order valence-electron chi connectivity index (χ0n) is 10.1. The van der Waals surface area contributed by atoms with Crippen LogP contribution in [0.15, 0.2) is 34.8 Å². The van der Waals surface area contributed by atoms with E-state index >= 15 is 0 Å². The Morgan fingerprint density at radius 2 is 2.00 bits per heavy atom. The van der Waals surface area contributed by atoms with Gasteiger partial charge in [-0.15, -0.1) is 0 Å². The zero-order chi connectivity index (χ0) is 13.6. The normalized spacial score (nSPS) is 11.8. The molecule has 0 aromatic heterocycles. The molecule has 0 aliphatic heterocycles. The quantitative estimate of drug-likeness (QED) is 0.718. The van der Waals surface area contributed by atoms with Crippen LogP contribution in [-0.2, 0) is 4.79 Å². The fourth-order valence-electron chi connectivity index (χ4n) is 1.24. The van der Waals surface area contributed by atoms with Crippen LogP contribution >= 0.6 is 15.9 Å². The molecule has 0 saturated heterocycles. The third-order valence-corrected chi connectivity index (χ3v) is 3.16. The molecule has 5 heteroatoms. The Morgan fingerprint density at radius 3 is 2.56 bits per heavy atom. The van der Waals surface area contributed by atoms with Crippen LogP contribution in [-0.4, -0.2) is 34.9 Å². The summed E-state index contributed by atoms with van der Waals surface area (Å²) in [5.74, 6) is -0.364. The van der Waals surface area contributed by atoms with Crippen LogP contribution < -0.4 is 5.32 Å². The van der Waals surface area contributed by atoms with E-state index in [4.69, 9.17) is 10.2 Å².